The third-order valence-corrected chi connectivity index (χ3v) is 4.80. The first-order valence-electron chi connectivity index (χ1n) is 8.93. The topological polar surface area (TPSA) is 120 Å². The molecule has 0 radical (unpaired) electrons. The highest BCUT2D eigenvalue weighted by molar-refractivity contribution is 5.88. The SMILES string of the molecule is Cl.Nc1ncnn2c(-c3ccc(=O)n(CC(F)F)n3)cc(N3CCCC(N)C3)c12. The number of alkyl halides is 2. The summed E-state index contributed by atoms with van der Waals surface area (Å²) in [6, 6.07) is 4.57. The lowest BCUT2D eigenvalue weighted by Gasteiger charge is -2.32. The first-order chi connectivity index (χ1) is 13.4. The Balaban J connectivity index is 0.00000240. The van der Waals surface area contributed by atoms with E-state index >= 15 is 0 Å². The molecule has 29 heavy (non-hydrogen) atoms. The molecule has 9 nitrogen and oxygen atoms in total. The quantitative estimate of drug-likeness (QED) is 0.641. The summed E-state index contributed by atoms with van der Waals surface area (Å²) < 4.78 is 27.8. The molecule has 1 unspecified atom stereocenters. The summed E-state index contributed by atoms with van der Waals surface area (Å²) in [7, 11) is 0. The first-order valence-corrected chi connectivity index (χ1v) is 8.93. The minimum Gasteiger partial charge on any atom is -0.382 e. The fraction of sp³-hybridized carbons (Fsp3) is 0.412. The maximum Gasteiger partial charge on any atom is 0.266 e. The fourth-order valence-corrected chi connectivity index (χ4v) is 3.55. The number of hydrogen-bond acceptors (Lipinski definition) is 7. The smallest absolute Gasteiger partial charge is 0.266 e. The van der Waals surface area contributed by atoms with Crippen LogP contribution in [0, 0.1) is 0 Å². The van der Waals surface area contributed by atoms with Gasteiger partial charge in [-0.15, -0.1) is 12.4 Å². The van der Waals surface area contributed by atoms with Gasteiger partial charge in [0.1, 0.15) is 24.1 Å². The molecular formula is C17H21ClF2N8O. The van der Waals surface area contributed by atoms with E-state index in [-0.39, 0.29) is 24.3 Å². The molecule has 0 saturated carbocycles. The number of rotatable bonds is 4. The van der Waals surface area contributed by atoms with Crippen molar-refractivity contribution in [1.82, 2.24) is 24.4 Å². The van der Waals surface area contributed by atoms with E-state index in [9.17, 15) is 13.6 Å². The third kappa shape index (κ3) is 4.01. The number of nitrogens with two attached hydrogens (primary N) is 2. The van der Waals surface area contributed by atoms with Crippen LogP contribution in [0.3, 0.4) is 0 Å². The summed E-state index contributed by atoms with van der Waals surface area (Å²) in [4.78, 5) is 18.0. The Morgan fingerprint density at radius 3 is 2.83 bits per heavy atom. The number of hydrogen-bond donors (Lipinski definition) is 2. The number of aromatic nitrogens is 5. The molecular weight excluding hydrogens is 406 g/mol. The summed E-state index contributed by atoms with van der Waals surface area (Å²) in [5, 5.41) is 8.35. The van der Waals surface area contributed by atoms with Gasteiger partial charge in [-0.3, -0.25) is 4.79 Å². The van der Waals surface area contributed by atoms with Crippen LogP contribution in [-0.2, 0) is 6.54 Å². The van der Waals surface area contributed by atoms with Gasteiger partial charge in [0.25, 0.3) is 12.0 Å². The Labute approximate surface area is 170 Å². The Hall–Kier alpha value is -2.79. The summed E-state index contributed by atoms with van der Waals surface area (Å²) in [5.41, 5.74) is 13.9. The Morgan fingerprint density at radius 1 is 1.31 bits per heavy atom. The van der Waals surface area contributed by atoms with Gasteiger partial charge >= 0.3 is 0 Å². The Kier molecular flexibility index (Phi) is 5.99. The van der Waals surface area contributed by atoms with Crippen LogP contribution in [0.1, 0.15) is 12.8 Å². The molecule has 4 N–H and O–H groups in total. The molecule has 0 bridgehead atoms. The molecule has 0 aromatic carbocycles. The van der Waals surface area contributed by atoms with Crippen molar-refractivity contribution in [2.45, 2.75) is 31.9 Å². The van der Waals surface area contributed by atoms with E-state index in [0.29, 0.717) is 23.4 Å². The second-order valence-corrected chi connectivity index (χ2v) is 6.80. The van der Waals surface area contributed by atoms with Crippen molar-refractivity contribution in [3.05, 3.63) is 34.9 Å². The number of piperidine rings is 1. The van der Waals surface area contributed by atoms with Crippen molar-refractivity contribution in [3.8, 4) is 11.4 Å². The number of fused-ring (bicyclic) bond motifs is 1. The van der Waals surface area contributed by atoms with Crippen molar-refractivity contribution < 1.29 is 8.78 Å². The van der Waals surface area contributed by atoms with Crippen LogP contribution in [0.2, 0.25) is 0 Å². The number of nitrogens with zero attached hydrogens (tertiary/aromatic N) is 6. The number of nitrogen functional groups attached to an aromatic ring is 1. The standard InChI is InChI=1S/C17H20F2N8O.ClH/c18-14(19)8-26-15(28)4-3-11(24-26)12-6-13(25-5-1-2-10(20)7-25)16-17(21)22-9-23-27(12)16;/h3-4,6,9-10,14H,1-2,5,7-8,20H2,(H2,21,22,23);1H. The first kappa shape index (κ1) is 20.9. The predicted octanol–water partition coefficient (Wildman–Crippen LogP) is 1.15. The van der Waals surface area contributed by atoms with Gasteiger partial charge in [0, 0.05) is 25.2 Å². The van der Waals surface area contributed by atoms with Gasteiger partial charge < -0.3 is 16.4 Å². The van der Waals surface area contributed by atoms with Gasteiger partial charge in [-0.1, -0.05) is 0 Å². The lowest BCUT2D eigenvalue weighted by Crippen LogP contribution is -2.42. The van der Waals surface area contributed by atoms with E-state index in [4.69, 9.17) is 11.5 Å². The zero-order valence-corrected chi connectivity index (χ0v) is 16.2. The molecule has 0 amide bonds. The number of anilines is 2. The lowest BCUT2D eigenvalue weighted by atomic mass is 10.1. The molecule has 1 saturated heterocycles. The van der Waals surface area contributed by atoms with Gasteiger partial charge in [-0.05, 0) is 25.0 Å². The van der Waals surface area contributed by atoms with Gasteiger partial charge in [0.05, 0.1) is 11.4 Å². The van der Waals surface area contributed by atoms with Crippen molar-refractivity contribution in [3.63, 3.8) is 0 Å². The highest BCUT2D eigenvalue weighted by Gasteiger charge is 2.24. The van der Waals surface area contributed by atoms with E-state index in [1.165, 1.54) is 18.5 Å². The van der Waals surface area contributed by atoms with Crippen molar-refractivity contribution in [2.75, 3.05) is 23.7 Å². The number of halogens is 3. The van der Waals surface area contributed by atoms with Crippen molar-refractivity contribution in [1.29, 1.82) is 0 Å². The summed E-state index contributed by atoms with van der Waals surface area (Å²) in [5.74, 6) is 0.288. The van der Waals surface area contributed by atoms with Crippen LogP contribution in [0.5, 0.6) is 0 Å². The molecule has 1 atom stereocenters. The molecule has 4 heterocycles. The minimum atomic E-state index is -2.69. The predicted molar refractivity (Wildman–Crippen MR) is 108 cm³/mol. The van der Waals surface area contributed by atoms with E-state index in [1.807, 2.05) is 6.07 Å². The molecule has 4 rings (SSSR count). The van der Waals surface area contributed by atoms with Crippen molar-refractivity contribution >= 4 is 29.4 Å². The van der Waals surface area contributed by atoms with Crippen LogP contribution in [0.15, 0.2) is 29.3 Å². The Morgan fingerprint density at radius 2 is 2.10 bits per heavy atom. The van der Waals surface area contributed by atoms with E-state index in [1.54, 1.807) is 4.52 Å². The lowest BCUT2D eigenvalue weighted by molar-refractivity contribution is 0.120. The van der Waals surface area contributed by atoms with E-state index < -0.39 is 18.5 Å². The Bertz CT molecular complexity index is 1070. The maximum absolute atomic E-state index is 12.8. The molecule has 1 aliphatic rings. The largest absolute Gasteiger partial charge is 0.382 e. The van der Waals surface area contributed by atoms with Gasteiger partial charge in [-0.25, -0.2) is 23.0 Å². The van der Waals surface area contributed by atoms with Crippen LogP contribution in [-0.4, -0.2) is 49.9 Å². The molecule has 3 aromatic rings. The molecule has 0 spiro atoms. The zero-order valence-electron chi connectivity index (χ0n) is 15.4. The molecule has 156 valence electrons. The van der Waals surface area contributed by atoms with Crippen LogP contribution >= 0.6 is 12.4 Å². The van der Waals surface area contributed by atoms with Gasteiger partial charge in [0.2, 0.25) is 0 Å². The third-order valence-electron chi connectivity index (χ3n) is 4.80. The molecule has 12 heteroatoms. The van der Waals surface area contributed by atoms with Gasteiger partial charge in [0.15, 0.2) is 5.82 Å². The fourth-order valence-electron chi connectivity index (χ4n) is 3.55. The van der Waals surface area contributed by atoms with Gasteiger partial charge in [-0.2, -0.15) is 10.2 Å². The maximum atomic E-state index is 12.8. The summed E-state index contributed by atoms with van der Waals surface area (Å²) >= 11 is 0. The summed E-state index contributed by atoms with van der Waals surface area (Å²) in [6.07, 6.45) is 0.514. The monoisotopic (exact) mass is 426 g/mol. The molecule has 1 aliphatic heterocycles. The average Bonchev–Trinajstić information content (AvgIpc) is 3.04. The highest BCUT2D eigenvalue weighted by Crippen LogP contribution is 2.34. The zero-order chi connectivity index (χ0) is 19.8. The van der Waals surface area contributed by atoms with Crippen LogP contribution in [0.25, 0.3) is 16.9 Å². The summed E-state index contributed by atoms with van der Waals surface area (Å²) in [6.45, 7) is 0.687. The normalized spacial score (nSPS) is 17.0. The van der Waals surface area contributed by atoms with Crippen LogP contribution < -0.4 is 21.9 Å². The highest BCUT2D eigenvalue weighted by atomic mass is 35.5. The molecule has 1 fully saturated rings. The molecule has 0 aliphatic carbocycles. The second kappa shape index (κ2) is 8.29. The van der Waals surface area contributed by atoms with Crippen molar-refractivity contribution in [2.24, 2.45) is 5.73 Å². The molecule has 3 aromatic heterocycles. The minimum absolute atomic E-state index is 0. The van der Waals surface area contributed by atoms with E-state index in [0.717, 1.165) is 29.8 Å². The van der Waals surface area contributed by atoms with Crippen LogP contribution in [0.4, 0.5) is 20.3 Å². The van der Waals surface area contributed by atoms with E-state index in [2.05, 4.69) is 20.1 Å². The second-order valence-electron chi connectivity index (χ2n) is 6.80. The average molecular weight is 427 g/mol.